The molecule has 2 atom stereocenters. The molecule has 0 spiro atoms. The summed E-state index contributed by atoms with van der Waals surface area (Å²) in [6.45, 7) is 11.5. The fraction of sp³-hybridized carbons (Fsp3) is 0.310. The Morgan fingerprint density at radius 1 is 0.605 bits per heavy atom. The molecule has 0 heterocycles. The second-order valence-corrected chi connectivity index (χ2v) is 72.1. The SMILES string of the molecule is [CH2]=[Hf]([CH3])([CH3])([CH3])([CH2]C)([CH]1C=Cc2c(-c3cccc(C(C)C)c3)cccc21)[CH]1C=Cc2c(-c3cccc(C(C)C)c3)cccc21. The van der Waals surface area contributed by atoms with Crippen LogP contribution in [0.5, 0.6) is 0 Å². The maximum atomic E-state index is 5.62. The molecule has 0 saturated carbocycles. The van der Waals surface area contributed by atoms with Crippen molar-refractivity contribution in [3.63, 3.8) is 0 Å². The monoisotopic (exact) mass is 734 g/mol. The van der Waals surface area contributed by atoms with E-state index in [0.29, 0.717) is 19.2 Å². The Balaban J connectivity index is 1.52. The van der Waals surface area contributed by atoms with Crippen LogP contribution in [0.4, 0.5) is 0 Å². The minimum absolute atomic E-state index is 0.297. The van der Waals surface area contributed by atoms with Gasteiger partial charge in [-0.2, -0.15) is 0 Å². The van der Waals surface area contributed by atoms with E-state index in [1.807, 2.05) is 0 Å². The zero-order valence-corrected chi connectivity index (χ0v) is 31.2. The summed E-state index contributed by atoms with van der Waals surface area (Å²) < 4.78 is 15.3. The molecule has 0 saturated heterocycles. The molecular formula is C42H50Hf. The van der Waals surface area contributed by atoms with Gasteiger partial charge in [0.15, 0.2) is 0 Å². The van der Waals surface area contributed by atoms with Gasteiger partial charge in [-0.15, -0.1) is 0 Å². The predicted octanol–water partition coefficient (Wildman–Crippen LogP) is 12.9. The molecule has 2 aliphatic rings. The first-order valence-electron chi connectivity index (χ1n) is 16.5. The van der Waals surface area contributed by atoms with Gasteiger partial charge < -0.3 is 0 Å². The summed E-state index contributed by atoms with van der Waals surface area (Å²) in [7, 11) is 0. The van der Waals surface area contributed by atoms with E-state index in [0.717, 1.165) is 4.18 Å². The van der Waals surface area contributed by atoms with Crippen LogP contribution in [0.1, 0.15) is 87.2 Å². The molecule has 0 nitrogen and oxygen atoms in total. The van der Waals surface area contributed by atoms with E-state index in [-0.39, 0.29) is 0 Å². The van der Waals surface area contributed by atoms with Crippen molar-refractivity contribution in [1.29, 1.82) is 0 Å². The van der Waals surface area contributed by atoms with Crippen LogP contribution in [0.15, 0.2) is 97.1 Å². The second-order valence-electron chi connectivity index (χ2n) is 17.8. The van der Waals surface area contributed by atoms with E-state index in [1.54, 1.807) is 0 Å². The van der Waals surface area contributed by atoms with Gasteiger partial charge in [-0.3, -0.25) is 0 Å². The fourth-order valence-electron chi connectivity index (χ4n) is 8.45. The van der Waals surface area contributed by atoms with Gasteiger partial charge in [-0.05, 0) is 0 Å². The van der Waals surface area contributed by atoms with Crippen LogP contribution in [0.2, 0.25) is 18.2 Å². The number of benzene rings is 4. The van der Waals surface area contributed by atoms with Crippen molar-refractivity contribution in [3.05, 3.63) is 130 Å². The zero-order chi connectivity index (χ0) is 30.9. The standard InChI is InChI=1S/2C18H17.C2H5.3CH3.CH2.Hf/c2*1-13(2)15-8-3-9-16(12-15)18-11-5-7-14-6-4-10-17(14)18;1-2;;;;;/h2*3-13H,1-2H3;1H2,2H3;3*1H3;1H2;. The number of hydrogen-bond donors (Lipinski definition) is 0. The molecule has 222 valence electrons. The van der Waals surface area contributed by atoms with Gasteiger partial charge >= 0.3 is 256 Å². The van der Waals surface area contributed by atoms with E-state index in [4.69, 9.17) is 4.26 Å². The summed E-state index contributed by atoms with van der Waals surface area (Å²) in [6.07, 6.45) is 9.94. The van der Waals surface area contributed by atoms with Crippen molar-refractivity contribution in [2.45, 2.75) is 72.0 Å². The molecule has 0 amide bonds. The van der Waals surface area contributed by atoms with Gasteiger partial charge in [-0.25, -0.2) is 0 Å². The van der Waals surface area contributed by atoms with Gasteiger partial charge in [0.1, 0.15) is 0 Å². The summed E-state index contributed by atoms with van der Waals surface area (Å²) >= 11 is -5.11. The Bertz CT molecular complexity index is 1820. The Hall–Kier alpha value is -2.90. The quantitative estimate of drug-likeness (QED) is 0.166. The molecule has 0 N–H and O–H groups in total. The molecule has 0 radical (unpaired) electrons. The molecule has 4 aromatic carbocycles. The topological polar surface area (TPSA) is 0 Å². The fourth-order valence-corrected chi connectivity index (χ4v) is 33.6. The van der Waals surface area contributed by atoms with E-state index in [9.17, 15) is 0 Å². The number of fused-ring (bicyclic) bond motifs is 2. The summed E-state index contributed by atoms with van der Waals surface area (Å²) in [6, 6.07) is 32.3. The Morgan fingerprint density at radius 2 is 1.00 bits per heavy atom. The number of allylic oxidation sites excluding steroid dienone is 2. The molecule has 0 aromatic heterocycles. The molecule has 2 aliphatic carbocycles. The van der Waals surface area contributed by atoms with Crippen molar-refractivity contribution >= 4 is 16.4 Å². The van der Waals surface area contributed by atoms with Crippen LogP contribution < -0.4 is 0 Å². The van der Waals surface area contributed by atoms with Crippen molar-refractivity contribution < 1.29 is 15.1 Å². The summed E-state index contributed by atoms with van der Waals surface area (Å²) in [5.41, 5.74) is 13.8. The third-order valence-corrected chi connectivity index (χ3v) is 50.7. The molecule has 43 heavy (non-hydrogen) atoms. The third kappa shape index (κ3) is 4.52. The predicted molar refractivity (Wildman–Crippen MR) is 191 cm³/mol. The normalized spacial score (nSPS) is 20.0. The minimum atomic E-state index is -5.11. The van der Waals surface area contributed by atoms with Crippen molar-refractivity contribution in [2.75, 3.05) is 0 Å². The first-order chi connectivity index (χ1) is 20.1. The molecule has 1 heteroatoms. The molecule has 6 rings (SSSR count). The molecule has 0 fully saturated rings. The van der Waals surface area contributed by atoms with Gasteiger partial charge in [0.05, 0.1) is 0 Å². The van der Waals surface area contributed by atoms with Crippen molar-refractivity contribution in [1.82, 2.24) is 0 Å². The summed E-state index contributed by atoms with van der Waals surface area (Å²) in [5.74, 6) is 1.01. The van der Waals surface area contributed by atoms with Gasteiger partial charge in [0.2, 0.25) is 0 Å². The van der Waals surface area contributed by atoms with E-state index in [1.165, 1.54) is 55.6 Å². The Labute approximate surface area is 254 Å². The molecular weight excluding hydrogens is 683 g/mol. The Kier molecular flexibility index (Phi) is 6.36. The summed E-state index contributed by atoms with van der Waals surface area (Å²) in [4.78, 5) is 0. The number of hydrogen-bond acceptors (Lipinski definition) is 0. The molecule has 0 aliphatic heterocycles. The van der Waals surface area contributed by atoms with Gasteiger partial charge in [0.25, 0.3) is 0 Å². The molecule has 0 bridgehead atoms. The van der Waals surface area contributed by atoms with E-state index >= 15 is 0 Å². The third-order valence-electron chi connectivity index (χ3n) is 12.4. The van der Waals surface area contributed by atoms with Crippen LogP contribution >= 0.6 is 0 Å². The number of rotatable bonds is 7. The van der Waals surface area contributed by atoms with Crippen LogP contribution in [0.3, 0.4) is 0 Å². The van der Waals surface area contributed by atoms with Gasteiger partial charge in [0, 0.05) is 0 Å². The average molecular weight is 733 g/mol. The first-order valence-corrected chi connectivity index (χ1v) is 36.5. The van der Waals surface area contributed by atoms with Crippen LogP contribution in [-0.4, -0.2) is 4.26 Å². The molecule has 2 unspecified atom stereocenters. The van der Waals surface area contributed by atoms with E-state index < -0.39 is 15.1 Å². The van der Waals surface area contributed by atoms with E-state index in [2.05, 4.69) is 158 Å². The van der Waals surface area contributed by atoms with Crippen molar-refractivity contribution in [3.8, 4) is 22.3 Å². The maximum absolute atomic E-state index is 5.62. The second kappa shape index (κ2) is 9.07. The van der Waals surface area contributed by atoms with Crippen LogP contribution in [-0.2, 0) is 15.1 Å². The zero-order valence-electron chi connectivity index (χ0n) is 27.6. The Morgan fingerprint density at radius 3 is 1.37 bits per heavy atom. The van der Waals surface area contributed by atoms with Crippen LogP contribution in [0.25, 0.3) is 34.4 Å². The van der Waals surface area contributed by atoms with Crippen LogP contribution in [0, 0.1) is 0 Å². The average Bonchev–Trinajstić information content (AvgIpc) is 3.64. The first kappa shape index (κ1) is 30.1. The van der Waals surface area contributed by atoms with Gasteiger partial charge in [-0.1, -0.05) is 0 Å². The van der Waals surface area contributed by atoms with Crippen molar-refractivity contribution in [2.24, 2.45) is 0 Å². The molecule has 4 aromatic rings. The summed E-state index contributed by atoms with van der Waals surface area (Å²) in [5, 5.41) is 0.